The lowest BCUT2D eigenvalue weighted by molar-refractivity contribution is -0.870. The summed E-state index contributed by atoms with van der Waals surface area (Å²) in [6.45, 7) is 4.06. The maximum absolute atomic E-state index is 12.8. The Hall–Kier alpha value is -3.33. The number of unbranched alkanes of at least 4 members (excludes halogenated alkanes) is 17. The van der Waals surface area contributed by atoms with Crippen molar-refractivity contribution in [3.63, 3.8) is 0 Å². The minimum Gasteiger partial charge on any atom is -0.756 e. The molecule has 400 valence electrons. The fourth-order valence-corrected chi connectivity index (χ4v) is 7.75. The number of allylic oxidation sites excluding steroid dienone is 18. The van der Waals surface area contributed by atoms with Crippen LogP contribution in [-0.2, 0) is 32.7 Å². The summed E-state index contributed by atoms with van der Waals surface area (Å²) in [7, 11) is 1.14. The van der Waals surface area contributed by atoms with Crippen LogP contribution in [0.3, 0.4) is 0 Å². The molecule has 2 unspecified atom stereocenters. The summed E-state index contributed by atoms with van der Waals surface area (Å²) < 4.78 is 34.1. The molecule has 2 atom stereocenters. The van der Waals surface area contributed by atoms with E-state index in [0.717, 1.165) is 116 Å². The van der Waals surface area contributed by atoms with Crippen molar-refractivity contribution in [3.05, 3.63) is 109 Å². The van der Waals surface area contributed by atoms with Crippen molar-refractivity contribution in [2.24, 2.45) is 0 Å². The third-order valence-electron chi connectivity index (χ3n) is 11.3. The predicted octanol–water partition coefficient (Wildman–Crippen LogP) is 16.4. The number of nitrogens with zero attached hydrogens (tertiary/aromatic N) is 1. The molecule has 0 aliphatic carbocycles. The fourth-order valence-electron chi connectivity index (χ4n) is 7.02. The number of esters is 2. The van der Waals surface area contributed by atoms with Gasteiger partial charge in [0, 0.05) is 12.8 Å². The zero-order chi connectivity index (χ0) is 51.3. The number of quaternary nitrogens is 1. The third-order valence-corrected chi connectivity index (χ3v) is 12.2. The molecule has 0 aromatic carbocycles. The molecule has 0 bridgehead atoms. The summed E-state index contributed by atoms with van der Waals surface area (Å²) in [5.41, 5.74) is 0. The minimum atomic E-state index is -4.65. The van der Waals surface area contributed by atoms with Gasteiger partial charge in [-0.05, 0) is 103 Å². The number of phosphoric ester groups is 1. The van der Waals surface area contributed by atoms with Crippen LogP contribution in [0.25, 0.3) is 0 Å². The number of hydrogen-bond donors (Lipinski definition) is 0. The van der Waals surface area contributed by atoms with Crippen molar-refractivity contribution >= 4 is 19.8 Å². The zero-order valence-corrected chi connectivity index (χ0v) is 46.1. The van der Waals surface area contributed by atoms with Crippen LogP contribution in [0.4, 0.5) is 0 Å². The molecule has 9 nitrogen and oxygen atoms in total. The lowest BCUT2D eigenvalue weighted by Crippen LogP contribution is -2.37. The summed E-state index contributed by atoms with van der Waals surface area (Å²) in [5, 5.41) is 0. The van der Waals surface area contributed by atoms with E-state index in [-0.39, 0.29) is 26.1 Å². The number of likely N-dealkylation sites (N-methyl/N-ethyl adjacent to an activating group) is 1. The molecule has 0 aliphatic rings. The van der Waals surface area contributed by atoms with E-state index < -0.39 is 32.5 Å². The van der Waals surface area contributed by atoms with Crippen LogP contribution in [0.15, 0.2) is 109 Å². The van der Waals surface area contributed by atoms with Gasteiger partial charge in [0.2, 0.25) is 0 Å². The van der Waals surface area contributed by atoms with E-state index in [2.05, 4.69) is 123 Å². The van der Waals surface area contributed by atoms with Gasteiger partial charge in [-0.25, -0.2) is 0 Å². The lowest BCUT2D eigenvalue weighted by Gasteiger charge is -2.28. The van der Waals surface area contributed by atoms with Crippen LogP contribution in [0.2, 0.25) is 0 Å². The first kappa shape index (κ1) is 66.7. The Balaban J connectivity index is 4.27. The molecule has 0 saturated heterocycles. The van der Waals surface area contributed by atoms with Gasteiger partial charge in [-0.1, -0.05) is 200 Å². The molecule has 0 spiro atoms. The molecular weight excluding hydrogens is 894 g/mol. The highest BCUT2D eigenvalue weighted by molar-refractivity contribution is 7.45. The molecular formula is C60H102NO8P. The Kier molecular flexibility index (Phi) is 48.2. The largest absolute Gasteiger partial charge is 0.756 e. The highest BCUT2D eigenvalue weighted by Crippen LogP contribution is 2.38. The highest BCUT2D eigenvalue weighted by Gasteiger charge is 2.21. The second-order valence-corrected chi connectivity index (χ2v) is 20.6. The Labute approximate surface area is 429 Å². The smallest absolute Gasteiger partial charge is 0.306 e. The van der Waals surface area contributed by atoms with Gasteiger partial charge < -0.3 is 27.9 Å². The molecule has 0 aliphatic heterocycles. The van der Waals surface area contributed by atoms with Crippen molar-refractivity contribution in [1.82, 2.24) is 0 Å². The number of carbonyl (C=O) groups is 2. The van der Waals surface area contributed by atoms with Gasteiger partial charge >= 0.3 is 11.9 Å². The summed E-state index contributed by atoms with van der Waals surface area (Å²) >= 11 is 0. The molecule has 10 heteroatoms. The summed E-state index contributed by atoms with van der Waals surface area (Å²) in [6, 6.07) is 0. The monoisotopic (exact) mass is 996 g/mol. The highest BCUT2D eigenvalue weighted by atomic mass is 31.2. The average Bonchev–Trinajstić information content (AvgIpc) is 3.32. The third kappa shape index (κ3) is 54.0. The van der Waals surface area contributed by atoms with Gasteiger partial charge in [0.25, 0.3) is 7.82 Å². The first-order valence-electron chi connectivity index (χ1n) is 27.6. The SMILES string of the molecule is CC/C=C\C/C=C\C/C=C\C/C=C\C/C=C\C/C=C\CCCCCCCCCCC(=O)OC(COC(=O)CCCCCCCC/C=C\C/C=C\C/C=C\CCCCC)COP(=O)([O-])OCC[N+](C)(C)C. The zero-order valence-electron chi connectivity index (χ0n) is 45.2. The maximum Gasteiger partial charge on any atom is 0.306 e. The van der Waals surface area contributed by atoms with E-state index in [0.29, 0.717) is 23.9 Å². The van der Waals surface area contributed by atoms with Crippen molar-refractivity contribution in [2.75, 3.05) is 47.5 Å². The quantitative estimate of drug-likeness (QED) is 0.0195. The number of rotatable bonds is 49. The number of hydrogen-bond acceptors (Lipinski definition) is 8. The minimum absolute atomic E-state index is 0.0410. The molecule has 0 rings (SSSR count). The second-order valence-electron chi connectivity index (χ2n) is 19.2. The van der Waals surface area contributed by atoms with Gasteiger partial charge in [0.1, 0.15) is 19.8 Å². The predicted molar refractivity (Wildman–Crippen MR) is 295 cm³/mol. The van der Waals surface area contributed by atoms with Crippen LogP contribution >= 0.6 is 7.82 Å². The van der Waals surface area contributed by atoms with Crippen LogP contribution in [0.1, 0.15) is 206 Å². The van der Waals surface area contributed by atoms with Crippen molar-refractivity contribution in [1.29, 1.82) is 0 Å². The first-order valence-corrected chi connectivity index (χ1v) is 29.1. The van der Waals surface area contributed by atoms with E-state index in [1.165, 1.54) is 51.4 Å². The van der Waals surface area contributed by atoms with Gasteiger partial charge in [0.15, 0.2) is 6.10 Å². The summed E-state index contributed by atoms with van der Waals surface area (Å²) in [4.78, 5) is 37.8. The Morgan fingerprint density at radius 1 is 0.457 bits per heavy atom. The molecule has 0 heterocycles. The van der Waals surface area contributed by atoms with Crippen molar-refractivity contribution in [3.8, 4) is 0 Å². The number of ether oxygens (including phenoxy) is 2. The summed E-state index contributed by atoms with van der Waals surface area (Å²) in [6.07, 6.45) is 69.7. The molecule has 0 saturated carbocycles. The standard InChI is InChI=1S/C60H102NO8P/c1-6-8-10-12-14-16-18-20-22-24-26-27-28-29-30-31-32-33-35-37-39-41-43-45-47-49-51-53-60(63)69-58(57-68-70(64,65)67-55-54-61(3,4)5)56-66-59(62)52-50-48-46-44-42-40-38-36-34-25-23-21-19-17-15-13-11-9-7-2/h8,10,14-17,20-23,26-27,29-30,32-34,36,58H,6-7,9,11-13,18-19,24-25,28,31,35,37-57H2,1-5H3/b10-8-,16-14-,17-15-,22-20-,23-21-,27-26-,30-29-,33-32-,36-34-. The second kappa shape index (κ2) is 50.6. The van der Waals surface area contributed by atoms with Gasteiger partial charge in [-0.3, -0.25) is 14.2 Å². The van der Waals surface area contributed by atoms with Gasteiger partial charge in [-0.15, -0.1) is 0 Å². The van der Waals surface area contributed by atoms with E-state index >= 15 is 0 Å². The van der Waals surface area contributed by atoms with Crippen LogP contribution < -0.4 is 4.89 Å². The van der Waals surface area contributed by atoms with Crippen LogP contribution in [0, 0.1) is 0 Å². The normalized spacial score (nSPS) is 14.2. The topological polar surface area (TPSA) is 111 Å². The van der Waals surface area contributed by atoms with E-state index in [9.17, 15) is 19.0 Å². The van der Waals surface area contributed by atoms with E-state index in [4.69, 9.17) is 18.5 Å². The Bertz CT molecular complexity index is 1550. The van der Waals surface area contributed by atoms with Gasteiger partial charge in [-0.2, -0.15) is 0 Å². The van der Waals surface area contributed by atoms with Crippen LogP contribution in [0.5, 0.6) is 0 Å². The Morgan fingerprint density at radius 2 is 0.814 bits per heavy atom. The summed E-state index contributed by atoms with van der Waals surface area (Å²) in [5.74, 6) is -0.865. The molecule has 0 N–H and O–H groups in total. The Morgan fingerprint density at radius 3 is 1.21 bits per heavy atom. The van der Waals surface area contributed by atoms with Crippen molar-refractivity contribution < 1.29 is 42.1 Å². The maximum atomic E-state index is 12.8. The molecule has 0 fully saturated rings. The molecule has 0 aromatic heterocycles. The van der Waals surface area contributed by atoms with E-state index in [1.807, 2.05) is 21.1 Å². The van der Waals surface area contributed by atoms with E-state index in [1.54, 1.807) is 0 Å². The molecule has 0 amide bonds. The molecule has 70 heavy (non-hydrogen) atoms. The molecule has 0 aromatic rings. The lowest BCUT2D eigenvalue weighted by atomic mass is 10.1. The fraction of sp³-hybridized carbons (Fsp3) is 0.667. The average molecular weight is 996 g/mol. The van der Waals surface area contributed by atoms with Crippen molar-refractivity contribution in [2.45, 2.75) is 213 Å². The first-order chi connectivity index (χ1) is 34.0. The van der Waals surface area contributed by atoms with Crippen LogP contribution in [-0.4, -0.2) is 70.0 Å². The van der Waals surface area contributed by atoms with Gasteiger partial charge in [0.05, 0.1) is 27.7 Å². The molecule has 0 radical (unpaired) electrons. The number of phosphoric acid groups is 1. The number of carbonyl (C=O) groups excluding carboxylic acids is 2.